The summed E-state index contributed by atoms with van der Waals surface area (Å²) in [5.41, 5.74) is 0. The van der Waals surface area contributed by atoms with Gasteiger partial charge in [-0.2, -0.15) is 0 Å². The summed E-state index contributed by atoms with van der Waals surface area (Å²) in [7, 11) is 0. The second-order valence-corrected chi connectivity index (χ2v) is 7.84. The van der Waals surface area contributed by atoms with Crippen LogP contribution in [-0.4, -0.2) is 41.1 Å². The number of carboxylic acid groups (broad SMARTS) is 1. The normalized spacial score (nSPS) is 22.1. The Balaban J connectivity index is 1.77. The predicted octanol–water partition coefficient (Wildman–Crippen LogP) is 2.95. The standard InChI is InChI=1S/C14H19BrN2O3S/c1-9-8-10(13(18)19)5-7-17(9)14(20)16-6-4-11-2-3-12(15)21-11/h2-3,9-10H,4-8H2,1H3,(H,16,20)(H,18,19). The smallest absolute Gasteiger partial charge is 0.317 e. The SMILES string of the molecule is CC1CC(C(=O)O)CCN1C(=O)NCCc1ccc(Br)s1. The fourth-order valence-corrected chi connectivity index (χ4v) is 4.06. The number of urea groups is 1. The van der Waals surface area contributed by atoms with Crippen LogP contribution in [-0.2, 0) is 11.2 Å². The third kappa shape index (κ3) is 4.44. The fourth-order valence-electron chi connectivity index (χ4n) is 2.58. The molecule has 2 amide bonds. The quantitative estimate of drug-likeness (QED) is 0.850. The second kappa shape index (κ2) is 7.26. The first kappa shape index (κ1) is 16.3. The van der Waals surface area contributed by atoms with Crippen LogP contribution in [0.1, 0.15) is 24.6 Å². The zero-order chi connectivity index (χ0) is 15.4. The van der Waals surface area contributed by atoms with Gasteiger partial charge in [0.15, 0.2) is 0 Å². The fraction of sp³-hybridized carbons (Fsp3) is 0.571. The number of rotatable bonds is 4. The number of aliphatic carboxylic acids is 1. The van der Waals surface area contributed by atoms with Crippen LogP contribution >= 0.6 is 27.3 Å². The number of halogens is 1. The van der Waals surface area contributed by atoms with Crippen LogP contribution in [0.15, 0.2) is 15.9 Å². The lowest BCUT2D eigenvalue weighted by atomic mass is 9.92. The molecule has 21 heavy (non-hydrogen) atoms. The number of likely N-dealkylation sites (tertiary alicyclic amines) is 1. The molecular formula is C14H19BrN2O3S. The molecule has 1 saturated heterocycles. The minimum Gasteiger partial charge on any atom is -0.481 e. The highest BCUT2D eigenvalue weighted by molar-refractivity contribution is 9.11. The third-order valence-electron chi connectivity index (χ3n) is 3.76. The first-order valence-corrected chi connectivity index (χ1v) is 8.60. The molecule has 2 atom stereocenters. The van der Waals surface area contributed by atoms with Gasteiger partial charge in [-0.05, 0) is 54.2 Å². The van der Waals surface area contributed by atoms with Crippen LogP contribution in [0.25, 0.3) is 0 Å². The molecule has 1 aliphatic heterocycles. The van der Waals surface area contributed by atoms with Crippen LogP contribution in [0.4, 0.5) is 4.79 Å². The number of piperidine rings is 1. The van der Waals surface area contributed by atoms with Crippen molar-refractivity contribution in [2.45, 2.75) is 32.2 Å². The monoisotopic (exact) mass is 374 g/mol. The van der Waals surface area contributed by atoms with Crippen LogP contribution in [0, 0.1) is 5.92 Å². The second-order valence-electron chi connectivity index (χ2n) is 5.29. The lowest BCUT2D eigenvalue weighted by Crippen LogP contribution is -2.50. The van der Waals surface area contributed by atoms with Crippen molar-refractivity contribution in [3.05, 3.63) is 20.8 Å². The van der Waals surface area contributed by atoms with Gasteiger partial charge in [-0.15, -0.1) is 11.3 Å². The van der Waals surface area contributed by atoms with Gasteiger partial charge in [0, 0.05) is 24.0 Å². The molecule has 0 bridgehead atoms. The van der Waals surface area contributed by atoms with Gasteiger partial charge in [-0.3, -0.25) is 4.79 Å². The van der Waals surface area contributed by atoms with Crippen molar-refractivity contribution in [1.29, 1.82) is 0 Å². The summed E-state index contributed by atoms with van der Waals surface area (Å²) in [6.45, 7) is 3.01. The van der Waals surface area contributed by atoms with E-state index in [0.29, 0.717) is 25.9 Å². The van der Waals surface area contributed by atoms with Crippen molar-refractivity contribution >= 4 is 39.3 Å². The van der Waals surface area contributed by atoms with E-state index in [2.05, 4.69) is 21.2 Å². The number of amides is 2. The maximum absolute atomic E-state index is 12.1. The van der Waals surface area contributed by atoms with Gasteiger partial charge < -0.3 is 15.3 Å². The molecule has 0 aromatic carbocycles. The number of carbonyl (C=O) groups is 2. The van der Waals surface area contributed by atoms with Crippen LogP contribution in [0.2, 0.25) is 0 Å². The summed E-state index contributed by atoms with van der Waals surface area (Å²) >= 11 is 5.08. The number of carbonyl (C=O) groups excluding carboxylic acids is 1. The molecule has 2 heterocycles. The molecule has 2 unspecified atom stereocenters. The molecular weight excluding hydrogens is 356 g/mol. The van der Waals surface area contributed by atoms with Crippen molar-refractivity contribution in [2.24, 2.45) is 5.92 Å². The van der Waals surface area contributed by atoms with E-state index in [1.807, 2.05) is 19.1 Å². The number of carboxylic acids is 1. The van der Waals surface area contributed by atoms with Crippen LogP contribution < -0.4 is 5.32 Å². The first-order valence-electron chi connectivity index (χ1n) is 6.99. The van der Waals surface area contributed by atoms with E-state index in [4.69, 9.17) is 5.11 Å². The highest BCUT2D eigenvalue weighted by Gasteiger charge is 2.31. The van der Waals surface area contributed by atoms with E-state index >= 15 is 0 Å². The topological polar surface area (TPSA) is 69.6 Å². The van der Waals surface area contributed by atoms with Crippen LogP contribution in [0.3, 0.4) is 0 Å². The Labute approximate surface area is 136 Å². The molecule has 1 aromatic heterocycles. The molecule has 116 valence electrons. The van der Waals surface area contributed by atoms with Crippen molar-refractivity contribution < 1.29 is 14.7 Å². The van der Waals surface area contributed by atoms with Gasteiger partial charge in [0.1, 0.15) is 0 Å². The maximum atomic E-state index is 12.1. The molecule has 1 aliphatic rings. The van der Waals surface area contributed by atoms with Gasteiger partial charge in [0.25, 0.3) is 0 Å². The van der Waals surface area contributed by atoms with Crippen molar-refractivity contribution in [3.8, 4) is 0 Å². The molecule has 1 fully saturated rings. The summed E-state index contributed by atoms with van der Waals surface area (Å²) in [5, 5.41) is 11.9. The van der Waals surface area contributed by atoms with Gasteiger partial charge in [-0.1, -0.05) is 0 Å². The molecule has 0 aliphatic carbocycles. The van der Waals surface area contributed by atoms with E-state index in [1.165, 1.54) is 4.88 Å². The van der Waals surface area contributed by atoms with E-state index < -0.39 is 5.97 Å². The molecule has 2 N–H and O–H groups in total. The van der Waals surface area contributed by atoms with E-state index in [1.54, 1.807) is 16.2 Å². The van der Waals surface area contributed by atoms with Gasteiger partial charge >= 0.3 is 12.0 Å². The highest BCUT2D eigenvalue weighted by atomic mass is 79.9. The van der Waals surface area contributed by atoms with Crippen molar-refractivity contribution in [3.63, 3.8) is 0 Å². The largest absolute Gasteiger partial charge is 0.481 e. The lowest BCUT2D eigenvalue weighted by molar-refractivity contribution is -0.143. The minimum absolute atomic E-state index is 0.0317. The van der Waals surface area contributed by atoms with Crippen molar-refractivity contribution in [2.75, 3.05) is 13.1 Å². The number of hydrogen-bond donors (Lipinski definition) is 2. The Morgan fingerprint density at radius 2 is 2.29 bits per heavy atom. The molecule has 5 nitrogen and oxygen atoms in total. The van der Waals surface area contributed by atoms with E-state index in [0.717, 1.165) is 10.2 Å². The molecule has 0 spiro atoms. The zero-order valence-electron chi connectivity index (χ0n) is 11.8. The first-order chi connectivity index (χ1) is 9.97. The number of nitrogens with zero attached hydrogens (tertiary/aromatic N) is 1. The Kier molecular flexibility index (Phi) is 5.64. The molecule has 0 saturated carbocycles. The summed E-state index contributed by atoms with van der Waals surface area (Å²) in [4.78, 5) is 26.1. The number of thiophene rings is 1. The average Bonchev–Trinajstić information content (AvgIpc) is 2.84. The summed E-state index contributed by atoms with van der Waals surface area (Å²) in [6, 6.07) is 3.92. The third-order valence-corrected chi connectivity index (χ3v) is 5.45. The van der Waals surface area contributed by atoms with Crippen molar-refractivity contribution in [1.82, 2.24) is 10.2 Å². The van der Waals surface area contributed by atoms with Crippen LogP contribution in [0.5, 0.6) is 0 Å². The van der Waals surface area contributed by atoms with E-state index in [9.17, 15) is 9.59 Å². The van der Waals surface area contributed by atoms with E-state index in [-0.39, 0.29) is 18.0 Å². The van der Waals surface area contributed by atoms with Gasteiger partial charge in [-0.25, -0.2) is 4.79 Å². The average molecular weight is 375 g/mol. The van der Waals surface area contributed by atoms with Gasteiger partial charge in [0.2, 0.25) is 0 Å². The molecule has 1 aromatic rings. The Bertz CT molecular complexity index is 520. The minimum atomic E-state index is -0.759. The highest BCUT2D eigenvalue weighted by Crippen LogP contribution is 2.23. The lowest BCUT2D eigenvalue weighted by Gasteiger charge is -2.36. The number of nitrogens with one attached hydrogen (secondary N) is 1. The Hall–Kier alpha value is -1.08. The molecule has 7 heteroatoms. The molecule has 0 radical (unpaired) electrons. The summed E-state index contributed by atoms with van der Waals surface area (Å²) in [5.74, 6) is -1.09. The zero-order valence-corrected chi connectivity index (χ0v) is 14.2. The summed E-state index contributed by atoms with van der Waals surface area (Å²) < 4.78 is 1.09. The number of hydrogen-bond acceptors (Lipinski definition) is 3. The Morgan fingerprint density at radius 1 is 1.52 bits per heavy atom. The Morgan fingerprint density at radius 3 is 2.86 bits per heavy atom. The van der Waals surface area contributed by atoms with Gasteiger partial charge in [0.05, 0.1) is 9.70 Å². The maximum Gasteiger partial charge on any atom is 0.317 e. The summed E-state index contributed by atoms with van der Waals surface area (Å²) in [6.07, 6.45) is 1.87. The predicted molar refractivity (Wildman–Crippen MR) is 85.6 cm³/mol. The molecule has 2 rings (SSSR count).